The molecule has 0 radical (unpaired) electrons. The van der Waals surface area contributed by atoms with Gasteiger partial charge in [-0.3, -0.25) is 9.79 Å². The first kappa shape index (κ1) is 21.1. The Bertz CT molecular complexity index is 1290. The molecule has 1 aliphatic heterocycles. The fraction of sp³-hybridized carbons (Fsp3) is 0.148. The standard InChI is InChI=1S/C27H23N3O2S/c31-26(27-14-8-16-33-27)18-24-23(13-7-15-28-24)25-17-20(19-32-22-11-5-2-6-12-22)29-30(25)21-9-3-1-4-10-21/h1-6,8-12,14-17H,7,13,18-19H2. The number of Topliss-reactive ketones (excluding diaryl/α,β-unsaturated/α-hetero) is 1. The van der Waals surface area contributed by atoms with Crippen LogP contribution in [-0.4, -0.2) is 21.8 Å². The SMILES string of the molecule is O=C(CC1=C(c2cc(COc3ccccc3)nn2-c2ccccc2)CCC=N1)c1cccs1. The lowest BCUT2D eigenvalue weighted by Crippen LogP contribution is -2.08. The van der Waals surface area contributed by atoms with Gasteiger partial charge < -0.3 is 4.74 Å². The van der Waals surface area contributed by atoms with Gasteiger partial charge in [-0.15, -0.1) is 11.3 Å². The highest BCUT2D eigenvalue weighted by molar-refractivity contribution is 7.12. The topological polar surface area (TPSA) is 56.5 Å². The largest absolute Gasteiger partial charge is 0.487 e. The van der Waals surface area contributed by atoms with E-state index < -0.39 is 0 Å². The first-order valence-corrected chi connectivity index (χ1v) is 11.8. The summed E-state index contributed by atoms with van der Waals surface area (Å²) in [6, 6.07) is 25.6. The van der Waals surface area contributed by atoms with E-state index in [1.165, 1.54) is 11.3 Å². The first-order chi connectivity index (χ1) is 16.3. The van der Waals surface area contributed by atoms with Crippen molar-refractivity contribution >= 4 is 28.9 Å². The minimum absolute atomic E-state index is 0.0926. The van der Waals surface area contributed by atoms with Gasteiger partial charge in [0.1, 0.15) is 18.1 Å². The van der Waals surface area contributed by atoms with E-state index in [0.29, 0.717) is 6.61 Å². The van der Waals surface area contributed by atoms with Gasteiger partial charge in [-0.2, -0.15) is 5.10 Å². The van der Waals surface area contributed by atoms with Crippen LogP contribution in [0.15, 0.2) is 94.9 Å². The van der Waals surface area contributed by atoms with Gasteiger partial charge in [0.15, 0.2) is 5.78 Å². The quantitative estimate of drug-likeness (QED) is 0.292. The second-order valence-corrected chi connectivity index (χ2v) is 8.67. The lowest BCUT2D eigenvalue weighted by Gasteiger charge is -2.16. The average Bonchev–Trinajstić information content (AvgIpc) is 3.55. The molecule has 0 amide bonds. The summed E-state index contributed by atoms with van der Waals surface area (Å²) in [5.74, 6) is 0.895. The van der Waals surface area contributed by atoms with Crippen molar-refractivity contribution in [2.24, 2.45) is 4.99 Å². The fourth-order valence-electron chi connectivity index (χ4n) is 3.87. The molecule has 0 N–H and O–H groups in total. The molecule has 0 atom stereocenters. The number of benzene rings is 2. The second kappa shape index (κ2) is 9.79. The molecule has 3 heterocycles. The van der Waals surface area contributed by atoms with Gasteiger partial charge in [-0.1, -0.05) is 42.5 Å². The summed E-state index contributed by atoms with van der Waals surface area (Å²) in [6.07, 6.45) is 3.83. The number of hydrogen-bond acceptors (Lipinski definition) is 5. The number of para-hydroxylation sites is 2. The predicted octanol–water partition coefficient (Wildman–Crippen LogP) is 6.36. The highest BCUT2D eigenvalue weighted by atomic mass is 32.1. The van der Waals surface area contributed by atoms with Gasteiger partial charge in [-0.05, 0) is 54.6 Å². The Balaban J connectivity index is 1.51. The zero-order valence-corrected chi connectivity index (χ0v) is 18.9. The van der Waals surface area contributed by atoms with Gasteiger partial charge in [0.05, 0.1) is 28.4 Å². The van der Waals surface area contributed by atoms with Crippen molar-refractivity contribution in [3.8, 4) is 11.4 Å². The Morgan fingerprint density at radius 1 is 1.00 bits per heavy atom. The van der Waals surface area contributed by atoms with E-state index in [0.717, 1.165) is 51.8 Å². The zero-order chi connectivity index (χ0) is 22.5. The number of carbonyl (C=O) groups is 1. The van der Waals surface area contributed by atoms with E-state index in [-0.39, 0.29) is 12.2 Å². The third-order valence-corrected chi connectivity index (χ3v) is 6.35. The van der Waals surface area contributed by atoms with Crippen molar-refractivity contribution in [1.29, 1.82) is 0 Å². The number of ether oxygens (including phenoxy) is 1. The second-order valence-electron chi connectivity index (χ2n) is 7.72. The Hall–Kier alpha value is -3.77. The van der Waals surface area contributed by atoms with E-state index in [1.54, 1.807) is 0 Å². The predicted molar refractivity (Wildman–Crippen MR) is 132 cm³/mol. The summed E-state index contributed by atoms with van der Waals surface area (Å²) in [5.41, 5.74) is 4.61. The summed E-state index contributed by atoms with van der Waals surface area (Å²) < 4.78 is 7.89. The summed E-state index contributed by atoms with van der Waals surface area (Å²) in [6.45, 7) is 0.358. The molecule has 164 valence electrons. The van der Waals surface area contributed by atoms with Crippen molar-refractivity contribution < 1.29 is 9.53 Å². The van der Waals surface area contributed by atoms with E-state index in [1.807, 2.05) is 89.1 Å². The van der Waals surface area contributed by atoms with Gasteiger partial charge in [-0.25, -0.2) is 4.68 Å². The molecule has 0 aliphatic carbocycles. The Kier molecular flexibility index (Phi) is 6.26. The number of carbonyl (C=O) groups excluding carboxylic acids is 1. The monoisotopic (exact) mass is 453 g/mol. The molecule has 2 aromatic carbocycles. The van der Waals surface area contributed by atoms with Crippen LogP contribution in [-0.2, 0) is 6.61 Å². The van der Waals surface area contributed by atoms with Crippen LogP contribution in [0, 0.1) is 0 Å². The molecule has 5 nitrogen and oxygen atoms in total. The van der Waals surface area contributed by atoms with Gasteiger partial charge in [0.25, 0.3) is 0 Å². The molecule has 0 unspecified atom stereocenters. The molecule has 0 bridgehead atoms. The lowest BCUT2D eigenvalue weighted by molar-refractivity contribution is 0.0996. The Morgan fingerprint density at radius 3 is 2.55 bits per heavy atom. The molecule has 0 fully saturated rings. The number of ketones is 1. The van der Waals surface area contributed by atoms with E-state index in [9.17, 15) is 4.79 Å². The average molecular weight is 454 g/mol. The van der Waals surface area contributed by atoms with Gasteiger partial charge in [0, 0.05) is 11.8 Å². The number of nitrogens with zero attached hydrogens (tertiary/aromatic N) is 3. The normalized spacial score (nSPS) is 13.3. The summed E-state index contributed by atoms with van der Waals surface area (Å²) in [7, 11) is 0. The molecular weight excluding hydrogens is 430 g/mol. The smallest absolute Gasteiger partial charge is 0.178 e. The third kappa shape index (κ3) is 4.86. The summed E-state index contributed by atoms with van der Waals surface area (Å²) >= 11 is 1.47. The van der Waals surface area contributed by atoms with Crippen LogP contribution in [0.5, 0.6) is 5.75 Å². The molecule has 6 heteroatoms. The molecular formula is C27H23N3O2S. The molecule has 0 saturated carbocycles. The molecule has 0 saturated heterocycles. The van der Waals surface area contributed by atoms with Crippen LogP contribution in [0.3, 0.4) is 0 Å². The van der Waals surface area contributed by atoms with Crippen LogP contribution < -0.4 is 4.74 Å². The fourth-order valence-corrected chi connectivity index (χ4v) is 4.53. The van der Waals surface area contributed by atoms with E-state index >= 15 is 0 Å². The van der Waals surface area contributed by atoms with Gasteiger partial charge >= 0.3 is 0 Å². The van der Waals surface area contributed by atoms with Crippen molar-refractivity contribution in [3.63, 3.8) is 0 Å². The molecule has 0 spiro atoms. The van der Waals surface area contributed by atoms with Crippen molar-refractivity contribution in [2.45, 2.75) is 25.9 Å². The van der Waals surface area contributed by atoms with Crippen LogP contribution >= 0.6 is 11.3 Å². The molecule has 4 aromatic rings. The van der Waals surface area contributed by atoms with E-state index in [2.05, 4.69) is 11.1 Å². The highest BCUT2D eigenvalue weighted by Crippen LogP contribution is 2.32. The van der Waals surface area contributed by atoms with Crippen LogP contribution in [0.4, 0.5) is 0 Å². The van der Waals surface area contributed by atoms with E-state index in [4.69, 9.17) is 9.84 Å². The number of aliphatic imine (C=N–C) groups is 1. The third-order valence-electron chi connectivity index (χ3n) is 5.44. The molecule has 5 rings (SSSR count). The number of rotatable bonds is 8. The molecule has 2 aromatic heterocycles. The number of thiophene rings is 1. The van der Waals surface area contributed by atoms with Crippen molar-refractivity contribution in [3.05, 3.63) is 106 Å². The highest BCUT2D eigenvalue weighted by Gasteiger charge is 2.21. The first-order valence-electron chi connectivity index (χ1n) is 10.9. The van der Waals surface area contributed by atoms with Crippen molar-refractivity contribution in [1.82, 2.24) is 9.78 Å². The maximum atomic E-state index is 12.8. The van der Waals surface area contributed by atoms with Crippen LogP contribution in [0.1, 0.15) is 40.3 Å². The maximum absolute atomic E-state index is 12.8. The van der Waals surface area contributed by atoms with Crippen molar-refractivity contribution in [2.75, 3.05) is 0 Å². The number of allylic oxidation sites excluding steroid dienone is 2. The number of hydrogen-bond donors (Lipinski definition) is 0. The van der Waals surface area contributed by atoms with Gasteiger partial charge in [0.2, 0.25) is 0 Å². The number of aromatic nitrogens is 2. The Morgan fingerprint density at radius 2 is 1.79 bits per heavy atom. The summed E-state index contributed by atoms with van der Waals surface area (Å²) in [5, 5.41) is 6.78. The van der Waals surface area contributed by atoms with Crippen LogP contribution in [0.25, 0.3) is 11.3 Å². The summed E-state index contributed by atoms with van der Waals surface area (Å²) in [4.78, 5) is 18.2. The minimum atomic E-state index is 0.0926. The maximum Gasteiger partial charge on any atom is 0.178 e. The molecule has 33 heavy (non-hydrogen) atoms. The lowest BCUT2D eigenvalue weighted by atomic mass is 9.98. The minimum Gasteiger partial charge on any atom is -0.487 e. The zero-order valence-electron chi connectivity index (χ0n) is 18.1. The molecule has 1 aliphatic rings. The van der Waals surface area contributed by atoms with Crippen LogP contribution in [0.2, 0.25) is 0 Å². The Labute approximate surface area is 196 Å².